The van der Waals surface area contributed by atoms with E-state index in [2.05, 4.69) is 40.8 Å². The highest BCUT2D eigenvalue weighted by atomic mass is 127. The number of aliphatic hydroxyl groups is 1. The first-order valence-electron chi connectivity index (χ1n) is 4.92. The summed E-state index contributed by atoms with van der Waals surface area (Å²) < 4.78 is 1.18. The van der Waals surface area contributed by atoms with E-state index in [1.54, 1.807) is 11.8 Å². The van der Waals surface area contributed by atoms with Crippen LogP contribution in [0.1, 0.15) is 5.56 Å². The van der Waals surface area contributed by atoms with E-state index < -0.39 is 0 Å². The van der Waals surface area contributed by atoms with Crippen molar-refractivity contribution in [1.29, 1.82) is 0 Å². The number of hydrogen-bond donors (Lipinski definition) is 1. The molecule has 1 nitrogen and oxygen atoms in total. The zero-order valence-corrected chi connectivity index (χ0v) is 11.5. The van der Waals surface area contributed by atoms with E-state index in [1.807, 2.05) is 30.3 Å². The molecule has 3 heteroatoms. The number of rotatable bonds is 3. The van der Waals surface area contributed by atoms with Gasteiger partial charge in [0, 0.05) is 13.4 Å². The molecule has 0 saturated heterocycles. The fraction of sp³-hybridized carbons (Fsp3) is 0.0769. The summed E-state index contributed by atoms with van der Waals surface area (Å²) in [6.45, 7) is 0.103. The van der Waals surface area contributed by atoms with Crippen LogP contribution in [0, 0.1) is 3.57 Å². The van der Waals surface area contributed by atoms with Gasteiger partial charge in [0.25, 0.3) is 0 Å². The first kappa shape index (κ1) is 12.0. The van der Waals surface area contributed by atoms with Gasteiger partial charge in [0.2, 0.25) is 0 Å². The molecule has 0 bridgehead atoms. The maximum absolute atomic E-state index is 9.03. The quantitative estimate of drug-likeness (QED) is 0.853. The van der Waals surface area contributed by atoms with E-state index in [0.29, 0.717) is 0 Å². The minimum Gasteiger partial charge on any atom is -0.392 e. The lowest BCUT2D eigenvalue weighted by Gasteiger charge is -2.05. The van der Waals surface area contributed by atoms with Gasteiger partial charge in [0.15, 0.2) is 0 Å². The third-order valence-corrected chi connectivity index (χ3v) is 4.49. The van der Waals surface area contributed by atoms with Crippen LogP contribution in [0.3, 0.4) is 0 Å². The zero-order chi connectivity index (χ0) is 11.4. The molecule has 2 aromatic carbocycles. The van der Waals surface area contributed by atoms with Gasteiger partial charge >= 0.3 is 0 Å². The predicted octanol–water partition coefficient (Wildman–Crippen LogP) is 3.93. The molecule has 1 N–H and O–H groups in total. The van der Waals surface area contributed by atoms with Gasteiger partial charge in [-0.05, 0) is 52.4 Å². The maximum Gasteiger partial charge on any atom is 0.0682 e. The smallest absolute Gasteiger partial charge is 0.0682 e. The van der Waals surface area contributed by atoms with E-state index in [1.165, 1.54) is 13.4 Å². The average molecular weight is 342 g/mol. The van der Waals surface area contributed by atoms with Gasteiger partial charge in [-0.1, -0.05) is 36.0 Å². The Morgan fingerprint density at radius 1 is 1.06 bits per heavy atom. The second-order valence-electron chi connectivity index (χ2n) is 3.34. The van der Waals surface area contributed by atoms with Gasteiger partial charge < -0.3 is 5.11 Å². The molecule has 0 aliphatic rings. The SMILES string of the molecule is OCc1ccc(Sc2ccccc2)c(I)c1. The number of hydrogen-bond acceptors (Lipinski definition) is 2. The molecule has 0 fully saturated rings. The van der Waals surface area contributed by atoms with Crippen molar-refractivity contribution >= 4 is 34.4 Å². The van der Waals surface area contributed by atoms with Gasteiger partial charge in [-0.2, -0.15) is 0 Å². The van der Waals surface area contributed by atoms with Crippen molar-refractivity contribution in [3.63, 3.8) is 0 Å². The molecular formula is C13H11IOS. The van der Waals surface area contributed by atoms with Crippen LogP contribution in [-0.2, 0) is 6.61 Å². The summed E-state index contributed by atoms with van der Waals surface area (Å²) >= 11 is 4.05. The lowest BCUT2D eigenvalue weighted by atomic mass is 10.2. The maximum atomic E-state index is 9.03. The Balaban J connectivity index is 2.22. The van der Waals surface area contributed by atoms with Crippen molar-refractivity contribution in [2.24, 2.45) is 0 Å². The minimum absolute atomic E-state index is 0.103. The Kier molecular flexibility index (Phi) is 4.26. The van der Waals surface area contributed by atoms with Crippen LogP contribution < -0.4 is 0 Å². The van der Waals surface area contributed by atoms with E-state index in [-0.39, 0.29) is 6.61 Å². The van der Waals surface area contributed by atoms with Gasteiger partial charge in [0.1, 0.15) is 0 Å². The highest BCUT2D eigenvalue weighted by Gasteiger charge is 2.02. The lowest BCUT2D eigenvalue weighted by Crippen LogP contribution is -1.86. The Morgan fingerprint density at radius 3 is 2.44 bits per heavy atom. The first-order chi connectivity index (χ1) is 7.79. The van der Waals surface area contributed by atoms with Crippen LogP contribution >= 0.6 is 34.4 Å². The molecule has 0 atom stereocenters. The summed E-state index contributed by atoms with van der Waals surface area (Å²) in [7, 11) is 0. The van der Waals surface area contributed by atoms with Gasteiger partial charge in [-0.3, -0.25) is 0 Å². The van der Waals surface area contributed by atoms with Crippen LogP contribution in [0.15, 0.2) is 58.3 Å². The number of aliphatic hydroxyl groups excluding tert-OH is 1. The fourth-order valence-corrected chi connectivity index (χ4v) is 3.09. The second-order valence-corrected chi connectivity index (χ2v) is 5.62. The zero-order valence-electron chi connectivity index (χ0n) is 8.56. The molecule has 0 unspecified atom stereocenters. The average Bonchev–Trinajstić information content (AvgIpc) is 2.33. The molecule has 0 amide bonds. The second kappa shape index (κ2) is 5.70. The normalized spacial score (nSPS) is 10.4. The van der Waals surface area contributed by atoms with E-state index in [0.717, 1.165) is 5.56 Å². The molecule has 0 radical (unpaired) electrons. The Labute approximate surface area is 113 Å². The number of halogens is 1. The lowest BCUT2D eigenvalue weighted by molar-refractivity contribution is 0.281. The van der Waals surface area contributed by atoms with Crippen LogP contribution in [0.25, 0.3) is 0 Å². The molecule has 2 rings (SSSR count). The van der Waals surface area contributed by atoms with Crippen LogP contribution in [0.2, 0.25) is 0 Å². The molecule has 16 heavy (non-hydrogen) atoms. The van der Waals surface area contributed by atoms with Gasteiger partial charge in [-0.15, -0.1) is 0 Å². The monoisotopic (exact) mass is 342 g/mol. The molecule has 0 saturated carbocycles. The van der Waals surface area contributed by atoms with Crippen molar-refractivity contribution in [1.82, 2.24) is 0 Å². The van der Waals surface area contributed by atoms with Crippen LogP contribution in [0.5, 0.6) is 0 Å². The van der Waals surface area contributed by atoms with Crippen LogP contribution in [0.4, 0.5) is 0 Å². The van der Waals surface area contributed by atoms with Gasteiger partial charge in [0.05, 0.1) is 6.61 Å². The number of benzene rings is 2. The molecule has 82 valence electrons. The summed E-state index contributed by atoms with van der Waals surface area (Å²) in [6.07, 6.45) is 0. The molecule has 0 spiro atoms. The Morgan fingerprint density at radius 2 is 1.81 bits per heavy atom. The summed E-state index contributed by atoms with van der Waals surface area (Å²) in [4.78, 5) is 2.46. The van der Waals surface area contributed by atoms with Crippen molar-refractivity contribution in [2.45, 2.75) is 16.4 Å². The minimum atomic E-state index is 0.103. The van der Waals surface area contributed by atoms with Gasteiger partial charge in [-0.25, -0.2) is 0 Å². The summed E-state index contributed by atoms with van der Waals surface area (Å²) in [5, 5.41) is 9.03. The molecule has 0 aliphatic carbocycles. The molecule has 0 heterocycles. The van der Waals surface area contributed by atoms with E-state index in [9.17, 15) is 0 Å². The summed E-state index contributed by atoms with van der Waals surface area (Å²) in [6, 6.07) is 16.3. The fourth-order valence-electron chi connectivity index (χ4n) is 1.34. The molecule has 0 aliphatic heterocycles. The molecule has 2 aromatic rings. The standard InChI is InChI=1S/C13H11IOS/c14-12-8-10(9-15)6-7-13(12)16-11-4-2-1-3-5-11/h1-8,15H,9H2. The van der Waals surface area contributed by atoms with Crippen molar-refractivity contribution in [3.05, 3.63) is 57.7 Å². The van der Waals surface area contributed by atoms with E-state index in [4.69, 9.17) is 5.11 Å². The first-order valence-corrected chi connectivity index (χ1v) is 6.81. The third kappa shape index (κ3) is 2.99. The van der Waals surface area contributed by atoms with Crippen molar-refractivity contribution < 1.29 is 5.11 Å². The van der Waals surface area contributed by atoms with Crippen molar-refractivity contribution in [2.75, 3.05) is 0 Å². The Hall–Kier alpha value is -0.520. The summed E-state index contributed by atoms with van der Waals surface area (Å²) in [5.74, 6) is 0. The molecule has 0 aromatic heterocycles. The Bertz CT molecular complexity index is 471. The topological polar surface area (TPSA) is 20.2 Å². The largest absolute Gasteiger partial charge is 0.392 e. The highest BCUT2D eigenvalue weighted by Crippen LogP contribution is 2.31. The third-order valence-electron chi connectivity index (χ3n) is 2.15. The predicted molar refractivity (Wildman–Crippen MR) is 75.6 cm³/mol. The van der Waals surface area contributed by atoms with Crippen LogP contribution in [-0.4, -0.2) is 5.11 Å². The van der Waals surface area contributed by atoms with E-state index >= 15 is 0 Å². The van der Waals surface area contributed by atoms with Crippen molar-refractivity contribution in [3.8, 4) is 0 Å². The summed E-state index contributed by atoms with van der Waals surface area (Å²) in [5.41, 5.74) is 0.960. The highest BCUT2D eigenvalue weighted by molar-refractivity contribution is 14.1. The molecular weight excluding hydrogens is 331 g/mol.